The average molecular weight is 418 g/mol. The molecule has 31 heavy (non-hydrogen) atoms. The lowest BCUT2D eigenvalue weighted by molar-refractivity contribution is -0.159. The maximum atomic E-state index is 12.8. The number of piperazine rings is 1. The first-order valence-electron chi connectivity index (χ1n) is 10.6. The molecule has 1 aromatic carbocycles. The molecule has 1 N–H and O–H groups in total. The Balaban J connectivity index is 1.52. The van der Waals surface area contributed by atoms with Crippen molar-refractivity contribution in [3.05, 3.63) is 59.7 Å². The number of carbonyl (C=O) groups excluding carboxylic acids is 2. The predicted molar refractivity (Wildman–Crippen MR) is 115 cm³/mol. The monoisotopic (exact) mass is 418 g/mol. The van der Waals surface area contributed by atoms with Crippen LogP contribution in [0.5, 0.6) is 0 Å². The molecule has 2 aromatic rings. The number of nitrogens with zero attached hydrogens (tertiary/aromatic N) is 4. The first-order valence-corrected chi connectivity index (χ1v) is 10.6. The number of rotatable bonds is 4. The Hall–Kier alpha value is -3.24. The van der Waals surface area contributed by atoms with Crippen LogP contribution in [0.3, 0.4) is 0 Å². The van der Waals surface area contributed by atoms with Gasteiger partial charge in [-0.2, -0.15) is 0 Å². The van der Waals surface area contributed by atoms with Gasteiger partial charge >= 0.3 is 0 Å². The van der Waals surface area contributed by atoms with Gasteiger partial charge in [0.2, 0.25) is 5.91 Å². The minimum Gasteiger partial charge on any atom is -0.394 e. The summed E-state index contributed by atoms with van der Waals surface area (Å²) >= 11 is 0. The van der Waals surface area contributed by atoms with Crippen molar-refractivity contribution in [1.29, 1.82) is 0 Å². The van der Waals surface area contributed by atoms with E-state index in [1.807, 2.05) is 24.3 Å². The largest absolute Gasteiger partial charge is 0.394 e. The molecule has 4 rings (SSSR count). The summed E-state index contributed by atoms with van der Waals surface area (Å²) in [5, 5.41) is 9.94. The second kappa shape index (κ2) is 8.86. The molecule has 2 amide bonds. The second-order valence-corrected chi connectivity index (χ2v) is 8.44. The van der Waals surface area contributed by atoms with E-state index >= 15 is 0 Å². The molecule has 2 saturated heterocycles. The van der Waals surface area contributed by atoms with Gasteiger partial charge in [0.15, 0.2) is 0 Å². The molecule has 7 heteroatoms. The quantitative estimate of drug-likeness (QED) is 0.764. The molecule has 0 unspecified atom stereocenters. The van der Waals surface area contributed by atoms with Gasteiger partial charge in [-0.15, -0.1) is 0 Å². The Morgan fingerprint density at radius 2 is 2.03 bits per heavy atom. The summed E-state index contributed by atoms with van der Waals surface area (Å²) in [6.45, 7) is 4.55. The molecule has 0 radical (unpaired) electrons. The number of amides is 2. The van der Waals surface area contributed by atoms with Crippen LogP contribution in [0.1, 0.15) is 47.8 Å². The molecule has 0 spiro atoms. The van der Waals surface area contributed by atoms with E-state index in [0.29, 0.717) is 12.5 Å². The van der Waals surface area contributed by atoms with Crippen LogP contribution in [0.25, 0.3) is 0 Å². The van der Waals surface area contributed by atoms with E-state index in [0.717, 1.165) is 17.5 Å². The highest BCUT2D eigenvalue weighted by Crippen LogP contribution is 2.43. The Labute approximate surface area is 182 Å². The van der Waals surface area contributed by atoms with E-state index in [2.05, 4.69) is 35.7 Å². The highest BCUT2D eigenvalue weighted by Gasteiger charge is 2.54. The third-order valence-electron chi connectivity index (χ3n) is 5.86. The summed E-state index contributed by atoms with van der Waals surface area (Å²) in [6.07, 6.45) is 5.23. The fraction of sp³-hybridized carbons (Fsp3) is 0.417. The van der Waals surface area contributed by atoms with E-state index < -0.39 is 0 Å². The van der Waals surface area contributed by atoms with Crippen LogP contribution >= 0.6 is 0 Å². The van der Waals surface area contributed by atoms with Gasteiger partial charge in [-0.05, 0) is 23.6 Å². The summed E-state index contributed by atoms with van der Waals surface area (Å²) in [7, 11) is 0. The smallest absolute Gasteiger partial charge is 0.274 e. The Bertz CT molecular complexity index is 1010. The summed E-state index contributed by atoms with van der Waals surface area (Å²) in [6, 6.07) is 7.54. The zero-order valence-corrected chi connectivity index (χ0v) is 17.7. The number of aliphatic hydroxyl groups is 1. The topological polar surface area (TPSA) is 86.6 Å². The van der Waals surface area contributed by atoms with Gasteiger partial charge in [-0.25, -0.2) is 4.98 Å². The standard InChI is InChI=1S/C24H26N4O3/c1-16(2)4-3-5-17-6-8-18(9-7-17)23-20-13-27(14-22(30)28(20)21(23)15-29)24(31)19-12-25-10-11-26-19/h6-12,16,20-21,23,29H,4,13-15H2,1-2H3/t20-,21-,23+/m0/s1. The van der Waals surface area contributed by atoms with Gasteiger partial charge in [-0.3, -0.25) is 14.6 Å². The Kier molecular flexibility index (Phi) is 6.01. The molecule has 2 aliphatic rings. The van der Waals surface area contributed by atoms with Crippen LogP contribution < -0.4 is 0 Å². The van der Waals surface area contributed by atoms with Crippen molar-refractivity contribution in [2.75, 3.05) is 19.7 Å². The minimum absolute atomic E-state index is 0.0144. The summed E-state index contributed by atoms with van der Waals surface area (Å²) in [5.74, 6) is 6.40. The second-order valence-electron chi connectivity index (χ2n) is 8.44. The molecule has 0 bridgehead atoms. The zero-order chi connectivity index (χ0) is 22.0. The average Bonchev–Trinajstić information content (AvgIpc) is 2.76. The van der Waals surface area contributed by atoms with Crippen molar-refractivity contribution in [3.8, 4) is 11.8 Å². The zero-order valence-electron chi connectivity index (χ0n) is 17.7. The third-order valence-corrected chi connectivity index (χ3v) is 5.86. The first kappa shape index (κ1) is 21.0. The number of fused-ring (bicyclic) bond motifs is 1. The van der Waals surface area contributed by atoms with Gasteiger partial charge in [-0.1, -0.05) is 37.8 Å². The van der Waals surface area contributed by atoms with Crippen LogP contribution in [0.2, 0.25) is 0 Å². The maximum Gasteiger partial charge on any atom is 0.274 e. The Morgan fingerprint density at radius 1 is 1.26 bits per heavy atom. The van der Waals surface area contributed by atoms with E-state index in [1.165, 1.54) is 23.5 Å². The van der Waals surface area contributed by atoms with E-state index in [4.69, 9.17) is 0 Å². The molecule has 160 valence electrons. The minimum atomic E-state index is -0.303. The number of benzene rings is 1. The lowest BCUT2D eigenvalue weighted by atomic mass is 9.73. The molecular formula is C24H26N4O3. The fourth-order valence-electron chi connectivity index (χ4n) is 4.37. The lowest BCUT2D eigenvalue weighted by Crippen LogP contribution is -2.73. The van der Waals surface area contributed by atoms with Crippen molar-refractivity contribution in [1.82, 2.24) is 19.8 Å². The normalized spacial score (nSPS) is 22.5. The molecule has 0 aliphatic carbocycles. The number of aromatic nitrogens is 2. The molecular weight excluding hydrogens is 392 g/mol. The molecule has 7 nitrogen and oxygen atoms in total. The fourth-order valence-corrected chi connectivity index (χ4v) is 4.37. The molecule has 1 aromatic heterocycles. The van der Waals surface area contributed by atoms with Gasteiger partial charge in [0, 0.05) is 36.8 Å². The van der Waals surface area contributed by atoms with Crippen molar-refractivity contribution in [3.63, 3.8) is 0 Å². The lowest BCUT2D eigenvalue weighted by Gasteiger charge is -2.58. The predicted octanol–water partition coefficient (Wildman–Crippen LogP) is 1.69. The van der Waals surface area contributed by atoms with Gasteiger partial charge in [0.25, 0.3) is 5.91 Å². The highest BCUT2D eigenvalue weighted by molar-refractivity contribution is 5.95. The summed E-state index contributed by atoms with van der Waals surface area (Å²) < 4.78 is 0. The van der Waals surface area contributed by atoms with Crippen LogP contribution in [0.15, 0.2) is 42.9 Å². The van der Waals surface area contributed by atoms with Gasteiger partial charge < -0.3 is 14.9 Å². The number of carbonyl (C=O) groups is 2. The molecule has 2 aliphatic heterocycles. The number of hydrogen-bond acceptors (Lipinski definition) is 5. The van der Waals surface area contributed by atoms with Gasteiger partial charge in [0.05, 0.1) is 24.9 Å². The Morgan fingerprint density at radius 3 is 2.68 bits per heavy atom. The molecule has 3 heterocycles. The highest BCUT2D eigenvalue weighted by atomic mass is 16.3. The van der Waals surface area contributed by atoms with Crippen LogP contribution in [-0.4, -0.2) is 68.5 Å². The molecule has 2 fully saturated rings. The van der Waals surface area contributed by atoms with Crippen molar-refractivity contribution in [2.24, 2.45) is 5.92 Å². The number of aliphatic hydroxyl groups excluding tert-OH is 1. The van der Waals surface area contributed by atoms with Crippen LogP contribution in [0.4, 0.5) is 0 Å². The van der Waals surface area contributed by atoms with Gasteiger partial charge in [0.1, 0.15) is 12.2 Å². The van der Waals surface area contributed by atoms with Crippen molar-refractivity contribution < 1.29 is 14.7 Å². The van der Waals surface area contributed by atoms with E-state index in [1.54, 1.807) is 4.90 Å². The van der Waals surface area contributed by atoms with Crippen molar-refractivity contribution in [2.45, 2.75) is 38.3 Å². The summed E-state index contributed by atoms with van der Waals surface area (Å²) in [4.78, 5) is 36.8. The first-order chi connectivity index (χ1) is 15.0. The molecule has 0 saturated carbocycles. The van der Waals surface area contributed by atoms with Crippen LogP contribution in [0, 0.1) is 17.8 Å². The third kappa shape index (κ3) is 4.17. The number of hydrogen-bond donors (Lipinski definition) is 1. The van der Waals surface area contributed by atoms with Crippen LogP contribution in [-0.2, 0) is 4.79 Å². The summed E-state index contributed by atoms with van der Waals surface area (Å²) in [5.41, 5.74) is 2.21. The SMILES string of the molecule is CC(C)CC#Cc1ccc([C@H]2[C@H](CO)N3C(=O)CN(C(=O)c4cnccn4)C[C@@H]23)cc1. The van der Waals surface area contributed by atoms with E-state index in [-0.39, 0.29) is 48.7 Å². The molecule has 3 atom stereocenters. The maximum absolute atomic E-state index is 12.8. The van der Waals surface area contributed by atoms with E-state index in [9.17, 15) is 14.7 Å². The van der Waals surface area contributed by atoms with Crippen molar-refractivity contribution >= 4 is 11.8 Å².